The van der Waals surface area contributed by atoms with Gasteiger partial charge in [-0.05, 0) is 0 Å². The van der Waals surface area contributed by atoms with E-state index in [1.807, 2.05) is 0 Å². The minimum absolute atomic E-state index is 0. The highest BCUT2D eigenvalue weighted by Crippen LogP contribution is 1.56. The largest absolute Gasteiger partial charge is 0.106 e. The van der Waals surface area contributed by atoms with Crippen LogP contribution in [0.3, 0.4) is 0 Å². The van der Waals surface area contributed by atoms with Gasteiger partial charge in [0.2, 0.25) is 0 Å². The quantitative estimate of drug-likeness (QED) is 0.399. The van der Waals surface area contributed by atoms with E-state index in [2.05, 4.69) is 27.0 Å². The van der Waals surface area contributed by atoms with Crippen LogP contribution >= 0.6 is 0 Å². The Balaban J connectivity index is -0.0000000275. The Hall–Kier alpha value is -0.260. The van der Waals surface area contributed by atoms with Crippen molar-refractivity contribution in [3.8, 4) is 0 Å². The highest BCUT2D eigenvalue weighted by Gasteiger charge is 1.35. The van der Waals surface area contributed by atoms with Crippen molar-refractivity contribution in [2.24, 2.45) is 0 Å². The molecule has 0 saturated carbocycles. The van der Waals surface area contributed by atoms with Gasteiger partial charge in [-0.2, -0.15) is 0 Å². The molecule has 0 rings (SSSR count). The molecule has 0 aliphatic carbocycles. The SMILES string of the molecule is C.C=C.CCC. The molecule has 0 bridgehead atoms. The van der Waals surface area contributed by atoms with E-state index < -0.39 is 0 Å². The Morgan fingerprint density at radius 3 is 1.17 bits per heavy atom. The molecule has 0 radical (unpaired) electrons. The maximum absolute atomic E-state index is 3.00. The molecule has 0 unspecified atom stereocenters. The van der Waals surface area contributed by atoms with E-state index in [1.165, 1.54) is 6.42 Å². The molecule has 0 N–H and O–H groups in total. The monoisotopic (exact) mass is 88.1 g/mol. The van der Waals surface area contributed by atoms with E-state index >= 15 is 0 Å². The van der Waals surface area contributed by atoms with Crippen molar-refractivity contribution in [2.75, 3.05) is 0 Å². The molecule has 0 spiro atoms. The smallest absolute Gasteiger partial charge is 0.0590 e. The molecule has 0 aromatic rings. The molecule has 0 aromatic heterocycles. The molecule has 0 aliphatic heterocycles. The molecule has 0 atom stereocenters. The second-order valence-corrected chi connectivity index (χ2v) is 0.707. The van der Waals surface area contributed by atoms with Crippen molar-refractivity contribution in [1.29, 1.82) is 0 Å². The van der Waals surface area contributed by atoms with Gasteiger partial charge in [0, 0.05) is 0 Å². The predicted molar refractivity (Wildman–Crippen MR) is 33.9 cm³/mol. The van der Waals surface area contributed by atoms with E-state index in [0.29, 0.717) is 0 Å². The first-order valence-corrected chi connectivity index (χ1v) is 1.91. The first-order chi connectivity index (χ1) is 2.41. The summed E-state index contributed by atoms with van der Waals surface area (Å²) in [5.74, 6) is 0. The molecular formula is C6H16. The lowest BCUT2D eigenvalue weighted by molar-refractivity contribution is 1.09. The van der Waals surface area contributed by atoms with Crippen molar-refractivity contribution >= 4 is 0 Å². The van der Waals surface area contributed by atoms with Crippen LogP contribution in [-0.4, -0.2) is 0 Å². The second kappa shape index (κ2) is 121. The summed E-state index contributed by atoms with van der Waals surface area (Å²) in [6.45, 7) is 10.2. The van der Waals surface area contributed by atoms with Crippen molar-refractivity contribution < 1.29 is 0 Å². The zero-order chi connectivity index (χ0) is 4.71. The summed E-state index contributed by atoms with van der Waals surface area (Å²) in [6.07, 6.45) is 1.25. The van der Waals surface area contributed by atoms with Gasteiger partial charge in [0.15, 0.2) is 0 Å². The maximum atomic E-state index is 3.00. The molecule has 0 aliphatic rings. The second-order valence-electron chi connectivity index (χ2n) is 0.707. The highest BCUT2D eigenvalue weighted by molar-refractivity contribution is 4.22. The fourth-order valence-corrected chi connectivity index (χ4v) is 0. The Kier molecular flexibility index (Phi) is 347. The van der Waals surface area contributed by atoms with Gasteiger partial charge in [0.1, 0.15) is 0 Å². The van der Waals surface area contributed by atoms with Gasteiger partial charge >= 0.3 is 0 Å². The van der Waals surface area contributed by atoms with Crippen LogP contribution in [0.1, 0.15) is 27.7 Å². The molecule has 0 aromatic carbocycles. The third-order valence-electron chi connectivity index (χ3n) is 0. The van der Waals surface area contributed by atoms with Crippen LogP contribution in [0.4, 0.5) is 0 Å². The molecule has 0 saturated heterocycles. The first-order valence-electron chi connectivity index (χ1n) is 1.91. The fraction of sp³-hybridized carbons (Fsp3) is 0.667. The lowest BCUT2D eigenvalue weighted by Crippen LogP contribution is -1.27. The molecule has 40 valence electrons. The van der Waals surface area contributed by atoms with E-state index in [1.54, 1.807) is 0 Å². The lowest BCUT2D eigenvalue weighted by atomic mass is 10.6. The van der Waals surface area contributed by atoms with Gasteiger partial charge < -0.3 is 0 Å². The molecule has 0 amide bonds. The summed E-state index contributed by atoms with van der Waals surface area (Å²) in [5, 5.41) is 0. The summed E-state index contributed by atoms with van der Waals surface area (Å²) >= 11 is 0. The van der Waals surface area contributed by atoms with Crippen LogP contribution in [0.15, 0.2) is 13.2 Å². The average molecular weight is 88.2 g/mol. The minimum atomic E-state index is 0. The number of rotatable bonds is 0. The van der Waals surface area contributed by atoms with Crippen LogP contribution in [0.25, 0.3) is 0 Å². The third-order valence-corrected chi connectivity index (χ3v) is 0. The predicted octanol–water partition coefficient (Wildman–Crippen LogP) is 2.85. The van der Waals surface area contributed by atoms with Crippen LogP contribution < -0.4 is 0 Å². The number of hydrogen-bond acceptors (Lipinski definition) is 0. The van der Waals surface area contributed by atoms with Gasteiger partial charge in [-0.25, -0.2) is 0 Å². The van der Waals surface area contributed by atoms with Gasteiger partial charge in [-0.15, -0.1) is 13.2 Å². The summed E-state index contributed by atoms with van der Waals surface area (Å²) in [4.78, 5) is 0. The summed E-state index contributed by atoms with van der Waals surface area (Å²) in [5.41, 5.74) is 0. The van der Waals surface area contributed by atoms with E-state index in [4.69, 9.17) is 0 Å². The van der Waals surface area contributed by atoms with E-state index in [9.17, 15) is 0 Å². The van der Waals surface area contributed by atoms with Crippen molar-refractivity contribution in [1.82, 2.24) is 0 Å². The summed E-state index contributed by atoms with van der Waals surface area (Å²) in [6, 6.07) is 0. The van der Waals surface area contributed by atoms with Gasteiger partial charge in [0.05, 0.1) is 0 Å². The van der Waals surface area contributed by atoms with Gasteiger partial charge in [-0.3, -0.25) is 0 Å². The Bertz CT molecular complexity index is 4.00. The van der Waals surface area contributed by atoms with Crippen LogP contribution in [0.2, 0.25) is 0 Å². The minimum Gasteiger partial charge on any atom is -0.106 e. The lowest BCUT2D eigenvalue weighted by Gasteiger charge is -1.48. The molecule has 0 heteroatoms. The molecule has 0 nitrogen and oxygen atoms in total. The third kappa shape index (κ3) is 415. The molecule has 0 heterocycles. The van der Waals surface area contributed by atoms with Gasteiger partial charge in [0.25, 0.3) is 0 Å². The summed E-state index contributed by atoms with van der Waals surface area (Å²) in [7, 11) is 0. The van der Waals surface area contributed by atoms with Crippen LogP contribution in [0.5, 0.6) is 0 Å². The normalized spacial score (nSPS) is 3.67. The zero-order valence-corrected chi connectivity index (χ0v) is 4.12. The Labute approximate surface area is 41.9 Å². The number of hydrogen-bond donors (Lipinski definition) is 0. The van der Waals surface area contributed by atoms with Crippen molar-refractivity contribution in [2.45, 2.75) is 27.7 Å². The summed E-state index contributed by atoms with van der Waals surface area (Å²) < 4.78 is 0. The molecular weight excluding hydrogens is 72.1 g/mol. The molecule has 0 fully saturated rings. The van der Waals surface area contributed by atoms with Crippen molar-refractivity contribution in [3.63, 3.8) is 0 Å². The average Bonchev–Trinajstić information content (AvgIpc) is 1.46. The molecule has 6 heavy (non-hydrogen) atoms. The van der Waals surface area contributed by atoms with E-state index in [-0.39, 0.29) is 7.43 Å². The Morgan fingerprint density at radius 1 is 1.17 bits per heavy atom. The standard InChI is InChI=1S/C3H8.C2H4.CH4/c1-3-2;1-2;/h3H2,1-2H3;1-2H2;1H4. The van der Waals surface area contributed by atoms with E-state index in [0.717, 1.165) is 0 Å². The van der Waals surface area contributed by atoms with Crippen molar-refractivity contribution in [3.05, 3.63) is 13.2 Å². The maximum Gasteiger partial charge on any atom is -0.0590 e. The Morgan fingerprint density at radius 2 is 1.17 bits per heavy atom. The van der Waals surface area contributed by atoms with Crippen LogP contribution in [0, 0.1) is 0 Å². The van der Waals surface area contributed by atoms with Gasteiger partial charge in [-0.1, -0.05) is 27.7 Å². The highest BCUT2D eigenvalue weighted by atomic mass is 13.4. The fourth-order valence-electron chi connectivity index (χ4n) is 0. The zero-order valence-electron chi connectivity index (χ0n) is 4.12. The van der Waals surface area contributed by atoms with Crippen LogP contribution in [-0.2, 0) is 0 Å². The first kappa shape index (κ1) is 17.2. The topological polar surface area (TPSA) is 0 Å².